The molecule has 1 aromatic carbocycles. The normalized spacial score (nSPS) is 12.0. The van der Waals surface area contributed by atoms with E-state index in [9.17, 15) is 23.1 Å². The Balaban J connectivity index is 2.17. The van der Waals surface area contributed by atoms with E-state index in [1.54, 1.807) is 0 Å². The predicted octanol–water partition coefficient (Wildman–Crippen LogP) is 3.07. The summed E-state index contributed by atoms with van der Waals surface area (Å²) in [5.74, 6) is -1.17. The van der Waals surface area contributed by atoms with Crippen molar-refractivity contribution in [1.82, 2.24) is 14.5 Å². The third-order valence-electron chi connectivity index (χ3n) is 3.02. The molecule has 0 bridgehead atoms. The van der Waals surface area contributed by atoms with Gasteiger partial charge in [-0.3, -0.25) is 9.36 Å². The largest absolute Gasteiger partial charge is 0.508 e. The maximum atomic E-state index is 12.6. The van der Waals surface area contributed by atoms with E-state index in [2.05, 4.69) is 9.97 Å². The standard InChI is InChI=1S/C14H10F3N3O2S/c15-14(16,17)7-23-13-19-10-5-6-18-11(10)12(22)20(13)8-1-3-9(21)4-2-8/h1-6,18,21H,7H2. The third-order valence-corrected chi connectivity index (χ3v) is 4.03. The Morgan fingerprint density at radius 3 is 2.57 bits per heavy atom. The summed E-state index contributed by atoms with van der Waals surface area (Å²) in [6.07, 6.45) is -2.88. The van der Waals surface area contributed by atoms with E-state index in [1.807, 2.05) is 0 Å². The van der Waals surface area contributed by atoms with Gasteiger partial charge in [-0.25, -0.2) is 4.98 Å². The summed E-state index contributed by atoms with van der Waals surface area (Å²) in [5.41, 5.74) is 0.320. The van der Waals surface area contributed by atoms with Gasteiger partial charge in [0.05, 0.1) is 17.0 Å². The van der Waals surface area contributed by atoms with Gasteiger partial charge < -0.3 is 10.1 Å². The van der Waals surface area contributed by atoms with Crippen LogP contribution in [-0.4, -0.2) is 31.6 Å². The molecule has 2 heterocycles. The number of aromatic hydroxyl groups is 1. The highest BCUT2D eigenvalue weighted by Gasteiger charge is 2.29. The van der Waals surface area contributed by atoms with Gasteiger partial charge in [0.15, 0.2) is 5.16 Å². The molecule has 0 saturated carbocycles. The zero-order chi connectivity index (χ0) is 16.6. The maximum absolute atomic E-state index is 12.6. The number of nitrogens with one attached hydrogen (secondary N) is 1. The van der Waals surface area contributed by atoms with Gasteiger partial charge in [-0.2, -0.15) is 13.2 Å². The Labute approximate surface area is 131 Å². The first-order valence-electron chi connectivity index (χ1n) is 6.44. The molecule has 9 heteroatoms. The van der Waals surface area contributed by atoms with E-state index in [-0.39, 0.29) is 16.4 Å². The van der Waals surface area contributed by atoms with E-state index < -0.39 is 17.5 Å². The van der Waals surface area contributed by atoms with Crippen molar-refractivity contribution in [3.63, 3.8) is 0 Å². The smallest absolute Gasteiger partial charge is 0.398 e. The lowest BCUT2D eigenvalue weighted by molar-refractivity contribution is -0.105. The number of phenolic OH excluding ortho intramolecular Hbond substituents is 1. The molecular formula is C14H10F3N3O2S. The van der Waals surface area contributed by atoms with Gasteiger partial charge in [0.25, 0.3) is 5.56 Å². The highest BCUT2D eigenvalue weighted by Crippen LogP contribution is 2.28. The van der Waals surface area contributed by atoms with E-state index >= 15 is 0 Å². The zero-order valence-corrected chi connectivity index (χ0v) is 12.3. The fourth-order valence-electron chi connectivity index (χ4n) is 2.05. The maximum Gasteiger partial charge on any atom is 0.398 e. The lowest BCUT2D eigenvalue weighted by atomic mass is 10.3. The molecule has 0 saturated heterocycles. The molecule has 0 spiro atoms. The number of fused-ring (bicyclic) bond motifs is 1. The second-order valence-corrected chi connectivity index (χ2v) is 5.64. The van der Waals surface area contributed by atoms with Gasteiger partial charge in [0.1, 0.15) is 11.3 Å². The van der Waals surface area contributed by atoms with Crippen LogP contribution in [0.25, 0.3) is 16.7 Å². The first-order valence-corrected chi connectivity index (χ1v) is 7.43. The first-order chi connectivity index (χ1) is 10.8. The number of hydrogen-bond donors (Lipinski definition) is 2. The van der Waals surface area contributed by atoms with Crippen molar-refractivity contribution in [2.24, 2.45) is 0 Å². The highest BCUT2D eigenvalue weighted by molar-refractivity contribution is 7.99. The Kier molecular flexibility index (Phi) is 3.80. The summed E-state index contributed by atoms with van der Waals surface area (Å²) in [6.45, 7) is 0. The topological polar surface area (TPSA) is 70.9 Å². The molecule has 3 rings (SSSR count). The lowest BCUT2D eigenvalue weighted by Gasteiger charge is -2.13. The number of thioether (sulfide) groups is 1. The van der Waals surface area contributed by atoms with Gasteiger partial charge in [-0.15, -0.1) is 0 Å². The molecule has 0 radical (unpaired) electrons. The Hall–Kier alpha value is -2.42. The molecule has 2 aromatic heterocycles. The van der Waals surface area contributed by atoms with Crippen molar-refractivity contribution >= 4 is 22.8 Å². The molecule has 0 atom stereocenters. The number of phenols is 1. The van der Waals surface area contributed by atoms with Crippen molar-refractivity contribution < 1.29 is 18.3 Å². The van der Waals surface area contributed by atoms with Crippen LogP contribution in [0.3, 0.4) is 0 Å². The van der Waals surface area contributed by atoms with E-state index in [0.29, 0.717) is 23.0 Å². The van der Waals surface area contributed by atoms with Crippen molar-refractivity contribution in [3.05, 3.63) is 46.9 Å². The molecule has 5 nitrogen and oxygen atoms in total. The van der Waals surface area contributed by atoms with Crippen molar-refractivity contribution in [2.45, 2.75) is 11.3 Å². The van der Waals surface area contributed by atoms with Crippen LogP contribution in [0.5, 0.6) is 5.75 Å². The first kappa shape index (κ1) is 15.5. The summed E-state index contributed by atoms with van der Waals surface area (Å²) in [4.78, 5) is 19.4. The summed E-state index contributed by atoms with van der Waals surface area (Å²) in [7, 11) is 0. The molecular weight excluding hydrogens is 331 g/mol. The lowest BCUT2D eigenvalue weighted by Crippen LogP contribution is -2.22. The van der Waals surface area contributed by atoms with Crippen LogP contribution in [0.2, 0.25) is 0 Å². The fraction of sp³-hybridized carbons (Fsp3) is 0.143. The summed E-state index contributed by atoms with van der Waals surface area (Å²) in [6, 6.07) is 7.09. The molecule has 0 fully saturated rings. The minimum absolute atomic E-state index is 0.0137. The molecule has 3 aromatic rings. The number of H-pyrrole nitrogens is 1. The van der Waals surface area contributed by atoms with Crippen molar-refractivity contribution in [2.75, 3.05) is 5.75 Å². The monoisotopic (exact) mass is 341 g/mol. The summed E-state index contributed by atoms with van der Waals surface area (Å²) < 4.78 is 38.6. The van der Waals surface area contributed by atoms with Crippen molar-refractivity contribution in [1.29, 1.82) is 0 Å². The van der Waals surface area contributed by atoms with Gasteiger partial charge in [-0.05, 0) is 30.3 Å². The molecule has 120 valence electrons. The second-order valence-electron chi connectivity index (χ2n) is 4.69. The van der Waals surface area contributed by atoms with E-state index in [1.165, 1.54) is 36.5 Å². The minimum Gasteiger partial charge on any atom is -0.508 e. The van der Waals surface area contributed by atoms with Crippen LogP contribution in [0, 0.1) is 0 Å². The molecule has 23 heavy (non-hydrogen) atoms. The molecule has 2 N–H and O–H groups in total. The zero-order valence-electron chi connectivity index (χ0n) is 11.5. The van der Waals surface area contributed by atoms with Gasteiger partial charge in [0.2, 0.25) is 0 Å². The van der Waals surface area contributed by atoms with Gasteiger partial charge in [0, 0.05) is 6.20 Å². The van der Waals surface area contributed by atoms with Gasteiger partial charge >= 0.3 is 6.18 Å². The summed E-state index contributed by atoms with van der Waals surface area (Å²) >= 11 is 0.436. The number of benzene rings is 1. The van der Waals surface area contributed by atoms with Crippen LogP contribution in [-0.2, 0) is 0 Å². The highest BCUT2D eigenvalue weighted by atomic mass is 32.2. The summed E-state index contributed by atoms with van der Waals surface area (Å²) in [5, 5.41) is 9.26. The molecule has 0 aliphatic carbocycles. The number of rotatable bonds is 3. The van der Waals surface area contributed by atoms with Gasteiger partial charge in [-0.1, -0.05) is 11.8 Å². The van der Waals surface area contributed by atoms with Crippen LogP contribution in [0.15, 0.2) is 46.5 Å². The van der Waals surface area contributed by atoms with Crippen molar-refractivity contribution in [3.8, 4) is 11.4 Å². The van der Waals surface area contributed by atoms with Crippen LogP contribution in [0.1, 0.15) is 0 Å². The van der Waals surface area contributed by atoms with E-state index in [4.69, 9.17) is 0 Å². The SMILES string of the molecule is O=c1c2[nH]ccc2nc(SCC(F)(F)F)n1-c1ccc(O)cc1. The number of hydrogen-bond acceptors (Lipinski definition) is 4. The molecule has 0 amide bonds. The number of nitrogens with zero attached hydrogens (tertiary/aromatic N) is 2. The number of alkyl halides is 3. The average Bonchev–Trinajstić information content (AvgIpc) is 2.94. The quantitative estimate of drug-likeness (QED) is 0.567. The molecule has 0 aliphatic rings. The molecule has 0 unspecified atom stereocenters. The average molecular weight is 341 g/mol. The predicted molar refractivity (Wildman–Crippen MR) is 80.1 cm³/mol. The number of aromatic amines is 1. The van der Waals surface area contributed by atoms with Crippen LogP contribution >= 0.6 is 11.8 Å². The van der Waals surface area contributed by atoms with E-state index in [0.717, 1.165) is 4.57 Å². The minimum atomic E-state index is -4.38. The Bertz CT molecular complexity index is 900. The molecule has 0 aliphatic heterocycles. The number of halogens is 3. The second kappa shape index (κ2) is 5.65. The third kappa shape index (κ3) is 3.19. The fourth-order valence-corrected chi connectivity index (χ4v) is 2.82. The Morgan fingerprint density at radius 2 is 1.91 bits per heavy atom. The number of aromatic nitrogens is 3. The van der Waals surface area contributed by atoms with Crippen LogP contribution in [0.4, 0.5) is 13.2 Å². The van der Waals surface area contributed by atoms with Crippen LogP contribution < -0.4 is 5.56 Å². The Morgan fingerprint density at radius 1 is 1.22 bits per heavy atom.